The summed E-state index contributed by atoms with van der Waals surface area (Å²) >= 11 is 4.53. The number of carbonyl (C=O) groups is 1. The van der Waals surface area contributed by atoms with Crippen LogP contribution in [0.25, 0.3) is 0 Å². The van der Waals surface area contributed by atoms with Crippen LogP contribution in [-0.4, -0.2) is 37.8 Å². The zero-order valence-electron chi connectivity index (χ0n) is 15.8. The summed E-state index contributed by atoms with van der Waals surface area (Å²) in [6.45, 7) is 2.79. The molecule has 28 heavy (non-hydrogen) atoms. The second-order valence-electron chi connectivity index (χ2n) is 7.17. The third-order valence-electron chi connectivity index (χ3n) is 5.06. The van der Waals surface area contributed by atoms with Crippen LogP contribution in [0.1, 0.15) is 31.7 Å². The van der Waals surface area contributed by atoms with Gasteiger partial charge in [-0.15, -0.1) is 11.3 Å². The quantitative estimate of drug-likeness (QED) is 0.644. The Labute approximate surface area is 179 Å². The van der Waals surface area contributed by atoms with Gasteiger partial charge in [0.2, 0.25) is 5.91 Å². The molecule has 152 valence electrons. The van der Waals surface area contributed by atoms with Crippen molar-refractivity contribution in [2.24, 2.45) is 5.92 Å². The lowest BCUT2D eigenvalue weighted by Crippen LogP contribution is -2.44. The lowest BCUT2D eigenvalue weighted by molar-refractivity contribution is -0.126. The molecule has 1 aliphatic heterocycles. The fraction of sp³-hybridized carbons (Fsp3) is 0.450. The van der Waals surface area contributed by atoms with Crippen LogP contribution in [0, 0.1) is 5.92 Å². The number of thiophene rings is 1. The Morgan fingerprint density at radius 2 is 1.89 bits per heavy atom. The molecule has 1 fully saturated rings. The molecule has 1 aromatic heterocycles. The van der Waals surface area contributed by atoms with Gasteiger partial charge in [-0.3, -0.25) is 4.79 Å². The summed E-state index contributed by atoms with van der Waals surface area (Å²) in [5.74, 6) is -0.0859. The van der Waals surface area contributed by atoms with E-state index in [0.29, 0.717) is 30.1 Å². The predicted molar refractivity (Wildman–Crippen MR) is 116 cm³/mol. The Balaban J connectivity index is 1.47. The highest BCUT2D eigenvalue weighted by Gasteiger charge is 2.33. The first-order chi connectivity index (χ1) is 13.4. The first kappa shape index (κ1) is 21.5. The number of aryl methyl sites for hydroxylation is 1. The van der Waals surface area contributed by atoms with Gasteiger partial charge in [0.05, 0.1) is 3.79 Å². The number of benzene rings is 1. The maximum Gasteiger partial charge on any atom is 0.252 e. The topological polar surface area (TPSA) is 66.5 Å². The van der Waals surface area contributed by atoms with Gasteiger partial charge in [-0.1, -0.05) is 30.3 Å². The number of amides is 1. The van der Waals surface area contributed by atoms with Crippen LogP contribution in [0.15, 0.2) is 50.5 Å². The molecule has 1 aliphatic rings. The van der Waals surface area contributed by atoms with E-state index in [-0.39, 0.29) is 17.9 Å². The van der Waals surface area contributed by atoms with Crippen LogP contribution in [0.3, 0.4) is 0 Å². The van der Waals surface area contributed by atoms with E-state index in [1.54, 1.807) is 12.1 Å². The molecule has 0 aliphatic carbocycles. The number of rotatable bonds is 7. The molecule has 0 radical (unpaired) electrons. The van der Waals surface area contributed by atoms with Crippen molar-refractivity contribution in [3.8, 4) is 0 Å². The van der Waals surface area contributed by atoms with Gasteiger partial charge in [0.25, 0.3) is 10.0 Å². The second-order valence-corrected chi connectivity index (χ2v) is 11.8. The minimum atomic E-state index is -3.46. The number of sulfonamides is 1. The van der Waals surface area contributed by atoms with Crippen LogP contribution >= 0.6 is 27.3 Å². The van der Waals surface area contributed by atoms with E-state index in [1.165, 1.54) is 21.2 Å². The Morgan fingerprint density at radius 3 is 2.50 bits per heavy atom. The van der Waals surface area contributed by atoms with Crippen molar-refractivity contribution in [1.82, 2.24) is 9.62 Å². The van der Waals surface area contributed by atoms with E-state index in [4.69, 9.17) is 0 Å². The highest BCUT2D eigenvalue weighted by Crippen LogP contribution is 2.30. The van der Waals surface area contributed by atoms with Gasteiger partial charge >= 0.3 is 0 Å². The fourth-order valence-electron chi connectivity index (χ4n) is 3.38. The summed E-state index contributed by atoms with van der Waals surface area (Å²) in [7, 11) is -3.46. The molecular weight excluding hydrogens is 460 g/mol. The monoisotopic (exact) mass is 484 g/mol. The summed E-state index contributed by atoms with van der Waals surface area (Å²) in [4.78, 5) is 12.6. The Morgan fingerprint density at radius 1 is 1.21 bits per heavy atom. The average Bonchev–Trinajstić information content (AvgIpc) is 3.14. The summed E-state index contributed by atoms with van der Waals surface area (Å²) < 4.78 is 28.0. The number of carbonyl (C=O) groups excluding carboxylic acids is 1. The fourth-order valence-corrected chi connectivity index (χ4v) is 7.02. The van der Waals surface area contributed by atoms with E-state index in [1.807, 2.05) is 25.1 Å². The summed E-state index contributed by atoms with van der Waals surface area (Å²) in [5.41, 5.74) is 1.27. The van der Waals surface area contributed by atoms with Crippen molar-refractivity contribution in [3.05, 3.63) is 51.8 Å². The number of hydrogen-bond acceptors (Lipinski definition) is 4. The molecule has 5 nitrogen and oxygen atoms in total. The maximum absolute atomic E-state index is 12.7. The van der Waals surface area contributed by atoms with Crippen LogP contribution in [0.5, 0.6) is 0 Å². The van der Waals surface area contributed by atoms with Crippen molar-refractivity contribution in [1.29, 1.82) is 0 Å². The van der Waals surface area contributed by atoms with Gasteiger partial charge < -0.3 is 5.32 Å². The van der Waals surface area contributed by atoms with Crippen LogP contribution in [0.2, 0.25) is 0 Å². The van der Waals surface area contributed by atoms with Crippen LogP contribution in [-0.2, 0) is 21.2 Å². The standard InChI is InChI=1S/C20H25BrN2O3S2/c1-15(7-8-16-5-3-2-4-6-16)22-20(24)17-11-13-23(14-12-17)28(25,26)19-10-9-18(21)27-19/h2-6,9-10,15,17H,7-8,11-14H2,1H3,(H,22,24). The Hall–Kier alpha value is -1.22. The number of hydrogen-bond donors (Lipinski definition) is 1. The smallest absolute Gasteiger partial charge is 0.252 e. The normalized spacial score (nSPS) is 17.4. The summed E-state index contributed by atoms with van der Waals surface area (Å²) in [6, 6.07) is 13.7. The Kier molecular flexibility index (Phi) is 7.31. The van der Waals surface area contributed by atoms with Crippen molar-refractivity contribution in [2.45, 2.75) is 42.9 Å². The zero-order valence-corrected chi connectivity index (χ0v) is 19.0. The molecule has 1 unspecified atom stereocenters. The van der Waals surface area contributed by atoms with Crippen molar-refractivity contribution >= 4 is 43.2 Å². The first-order valence-electron chi connectivity index (χ1n) is 9.46. The molecule has 1 N–H and O–H groups in total. The minimum Gasteiger partial charge on any atom is -0.353 e. The third kappa shape index (κ3) is 5.43. The van der Waals surface area contributed by atoms with Crippen molar-refractivity contribution in [2.75, 3.05) is 13.1 Å². The van der Waals surface area contributed by atoms with Gasteiger partial charge in [-0.25, -0.2) is 8.42 Å². The molecule has 0 bridgehead atoms. The highest BCUT2D eigenvalue weighted by molar-refractivity contribution is 9.11. The van der Waals surface area contributed by atoms with Gasteiger partial charge in [-0.05, 0) is 66.2 Å². The molecule has 3 rings (SSSR count). The van der Waals surface area contributed by atoms with Gasteiger partial charge in [0.1, 0.15) is 4.21 Å². The Bertz CT molecular complexity index is 891. The van der Waals surface area contributed by atoms with Crippen molar-refractivity contribution in [3.63, 3.8) is 0 Å². The number of nitrogens with one attached hydrogen (secondary N) is 1. The first-order valence-corrected chi connectivity index (χ1v) is 12.5. The van der Waals surface area contributed by atoms with E-state index >= 15 is 0 Å². The molecular formula is C20H25BrN2O3S2. The molecule has 1 saturated heterocycles. The van der Waals surface area contributed by atoms with Crippen LogP contribution in [0.4, 0.5) is 0 Å². The molecule has 2 heterocycles. The van der Waals surface area contributed by atoms with Crippen LogP contribution < -0.4 is 5.32 Å². The van der Waals surface area contributed by atoms with E-state index < -0.39 is 10.0 Å². The molecule has 0 saturated carbocycles. The molecule has 8 heteroatoms. The second kappa shape index (κ2) is 9.52. The molecule has 1 atom stereocenters. The zero-order chi connectivity index (χ0) is 20.1. The number of nitrogens with zero attached hydrogens (tertiary/aromatic N) is 1. The van der Waals surface area contributed by atoms with E-state index in [2.05, 4.69) is 33.4 Å². The summed E-state index contributed by atoms with van der Waals surface area (Å²) in [5, 5.41) is 3.10. The number of piperidine rings is 1. The minimum absolute atomic E-state index is 0.0384. The summed E-state index contributed by atoms with van der Waals surface area (Å²) in [6.07, 6.45) is 2.93. The molecule has 1 aromatic carbocycles. The molecule has 1 amide bonds. The average molecular weight is 485 g/mol. The lowest BCUT2D eigenvalue weighted by Gasteiger charge is -2.30. The third-order valence-corrected chi connectivity index (χ3v) is 9.05. The van der Waals surface area contributed by atoms with Gasteiger partial charge in [-0.2, -0.15) is 4.31 Å². The molecule has 2 aromatic rings. The predicted octanol–water partition coefficient (Wildman–Crippen LogP) is 4.05. The van der Waals surface area contributed by atoms with Crippen molar-refractivity contribution < 1.29 is 13.2 Å². The SMILES string of the molecule is CC(CCc1ccccc1)NC(=O)C1CCN(S(=O)(=O)c2ccc(Br)s2)CC1. The van der Waals surface area contributed by atoms with Gasteiger partial charge in [0, 0.05) is 25.0 Å². The largest absolute Gasteiger partial charge is 0.353 e. The maximum atomic E-state index is 12.7. The lowest BCUT2D eigenvalue weighted by atomic mass is 9.96. The number of halogens is 1. The molecule has 0 spiro atoms. The van der Waals surface area contributed by atoms with Gasteiger partial charge in [0.15, 0.2) is 0 Å². The van der Waals surface area contributed by atoms with E-state index in [0.717, 1.165) is 16.6 Å². The highest BCUT2D eigenvalue weighted by atomic mass is 79.9. The van der Waals surface area contributed by atoms with E-state index in [9.17, 15) is 13.2 Å².